The highest BCUT2D eigenvalue weighted by Gasteiger charge is 2.18. The van der Waals surface area contributed by atoms with Gasteiger partial charge in [0.1, 0.15) is 4.90 Å². The molecule has 0 atom stereocenters. The van der Waals surface area contributed by atoms with Crippen LogP contribution in [0.4, 0.5) is 5.69 Å². The SMILES string of the molecule is NC(=O)c1ccc(S(=O)(=O)NCc2cnc[nH]2)c(N)c1. The summed E-state index contributed by atoms with van der Waals surface area (Å²) in [6.07, 6.45) is 2.95. The lowest BCUT2D eigenvalue weighted by Crippen LogP contribution is -2.24. The van der Waals surface area contributed by atoms with Gasteiger partial charge >= 0.3 is 0 Å². The van der Waals surface area contributed by atoms with Crippen LogP contribution in [0.2, 0.25) is 0 Å². The van der Waals surface area contributed by atoms with Crippen LogP contribution in [0.15, 0.2) is 35.6 Å². The number of imidazole rings is 1. The van der Waals surface area contributed by atoms with Gasteiger partial charge in [-0.3, -0.25) is 4.79 Å². The Balaban J connectivity index is 2.23. The first kappa shape index (κ1) is 14.0. The minimum atomic E-state index is -3.78. The standard InChI is InChI=1S/C11H13N5O3S/c12-9-3-7(11(13)17)1-2-10(9)20(18,19)16-5-8-4-14-6-15-8/h1-4,6,16H,5,12H2,(H2,13,17)(H,14,15). The molecular formula is C11H13N5O3S. The van der Waals surface area contributed by atoms with E-state index in [-0.39, 0.29) is 22.7 Å². The average molecular weight is 295 g/mol. The number of carbonyl (C=O) groups is 1. The maximum Gasteiger partial charge on any atom is 0.248 e. The number of aromatic nitrogens is 2. The van der Waals surface area contributed by atoms with Gasteiger partial charge in [-0.2, -0.15) is 0 Å². The topological polar surface area (TPSA) is 144 Å². The van der Waals surface area contributed by atoms with E-state index in [4.69, 9.17) is 11.5 Å². The Kier molecular flexibility index (Phi) is 3.72. The molecule has 0 bridgehead atoms. The van der Waals surface area contributed by atoms with Gasteiger partial charge in [0.15, 0.2) is 0 Å². The number of nitrogens with zero attached hydrogens (tertiary/aromatic N) is 1. The Labute approximate surface area is 115 Å². The van der Waals surface area contributed by atoms with E-state index >= 15 is 0 Å². The minimum absolute atomic E-state index is 0.0431. The second-order valence-electron chi connectivity index (χ2n) is 4.02. The molecule has 0 saturated heterocycles. The fourth-order valence-corrected chi connectivity index (χ4v) is 2.70. The number of hydrogen-bond acceptors (Lipinski definition) is 5. The van der Waals surface area contributed by atoms with Crippen LogP contribution in [0.5, 0.6) is 0 Å². The number of rotatable bonds is 5. The van der Waals surface area contributed by atoms with Gasteiger partial charge in [0, 0.05) is 17.5 Å². The lowest BCUT2D eigenvalue weighted by atomic mass is 10.2. The molecule has 0 aliphatic carbocycles. The van der Waals surface area contributed by atoms with E-state index in [1.165, 1.54) is 30.7 Å². The van der Waals surface area contributed by atoms with Gasteiger partial charge in [0.25, 0.3) is 0 Å². The van der Waals surface area contributed by atoms with Crippen molar-refractivity contribution in [2.75, 3.05) is 5.73 Å². The molecule has 0 aliphatic rings. The van der Waals surface area contributed by atoms with Gasteiger partial charge in [0.2, 0.25) is 15.9 Å². The van der Waals surface area contributed by atoms with Crippen molar-refractivity contribution in [1.29, 1.82) is 0 Å². The number of sulfonamides is 1. The number of aromatic amines is 1. The zero-order chi connectivity index (χ0) is 14.8. The van der Waals surface area contributed by atoms with Crippen LogP contribution < -0.4 is 16.2 Å². The first-order valence-electron chi connectivity index (χ1n) is 5.56. The summed E-state index contributed by atoms with van der Waals surface area (Å²) in [5.74, 6) is -0.675. The number of carbonyl (C=O) groups excluding carboxylic acids is 1. The Morgan fingerprint density at radius 1 is 1.40 bits per heavy atom. The lowest BCUT2D eigenvalue weighted by Gasteiger charge is -2.09. The Morgan fingerprint density at radius 2 is 2.15 bits per heavy atom. The summed E-state index contributed by atoms with van der Waals surface area (Å²) in [5, 5.41) is 0. The molecule has 0 aliphatic heterocycles. The summed E-state index contributed by atoms with van der Waals surface area (Å²) in [6, 6.07) is 3.78. The molecule has 1 aromatic heterocycles. The number of primary amides is 1. The van der Waals surface area contributed by atoms with Gasteiger partial charge in [-0.15, -0.1) is 0 Å². The zero-order valence-corrected chi connectivity index (χ0v) is 11.1. The summed E-state index contributed by atoms with van der Waals surface area (Å²) in [5.41, 5.74) is 11.5. The quantitative estimate of drug-likeness (QED) is 0.553. The molecule has 0 unspecified atom stereocenters. The molecule has 1 heterocycles. The van der Waals surface area contributed by atoms with Crippen LogP contribution in [-0.2, 0) is 16.6 Å². The second kappa shape index (κ2) is 5.31. The predicted octanol–water partition coefficient (Wildman–Crippen LogP) is -0.431. The smallest absolute Gasteiger partial charge is 0.248 e. The fourth-order valence-electron chi connectivity index (χ4n) is 1.58. The summed E-state index contributed by atoms with van der Waals surface area (Å²) >= 11 is 0. The molecule has 1 amide bonds. The van der Waals surface area contributed by atoms with Crippen molar-refractivity contribution in [2.24, 2.45) is 5.73 Å². The highest BCUT2D eigenvalue weighted by Crippen LogP contribution is 2.19. The van der Waals surface area contributed by atoms with Crippen molar-refractivity contribution in [2.45, 2.75) is 11.4 Å². The first-order chi connectivity index (χ1) is 9.40. The first-order valence-corrected chi connectivity index (χ1v) is 7.05. The second-order valence-corrected chi connectivity index (χ2v) is 5.75. The Hall–Kier alpha value is -2.39. The maximum atomic E-state index is 12.1. The monoisotopic (exact) mass is 295 g/mol. The van der Waals surface area contributed by atoms with E-state index in [2.05, 4.69) is 14.7 Å². The molecule has 20 heavy (non-hydrogen) atoms. The number of H-pyrrole nitrogens is 1. The van der Waals surface area contributed by atoms with Crippen molar-refractivity contribution >= 4 is 21.6 Å². The highest BCUT2D eigenvalue weighted by atomic mass is 32.2. The van der Waals surface area contributed by atoms with Crippen molar-refractivity contribution in [1.82, 2.24) is 14.7 Å². The fraction of sp³-hybridized carbons (Fsp3) is 0.0909. The summed E-state index contributed by atoms with van der Waals surface area (Å²) in [6.45, 7) is 0.0549. The number of nitrogen functional groups attached to an aromatic ring is 1. The van der Waals surface area contributed by atoms with Crippen LogP contribution in [-0.4, -0.2) is 24.3 Å². The Bertz CT molecular complexity index is 725. The van der Waals surface area contributed by atoms with E-state index in [9.17, 15) is 13.2 Å². The van der Waals surface area contributed by atoms with Crippen LogP contribution in [0.25, 0.3) is 0 Å². The van der Waals surface area contributed by atoms with Crippen molar-refractivity contribution in [3.05, 3.63) is 42.0 Å². The van der Waals surface area contributed by atoms with Gasteiger partial charge in [-0.1, -0.05) is 0 Å². The van der Waals surface area contributed by atoms with Crippen molar-refractivity contribution in [3.8, 4) is 0 Å². The third kappa shape index (κ3) is 2.95. The third-order valence-corrected chi connectivity index (χ3v) is 4.07. The van der Waals surface area contributed by atoms with E-state index in [0.717, 1.165) is 0 Å². The highest BCUT2D eigenvalue weighted by molar-refractivity contribution is 7.89. The Morgan fingerprint density at radius 3 is 2.70 bits per heavy atom. The molecule has 0 radical (unpaired) electrons. The average Bonchev–Trinajstić information content (AvgIpc) is 2.89. The van der Waals surface area contributed by atoms with Gasteiger partial charge < -0.3 is 16.5 Å². The van der Waals surface area contributed by atoms with Crippen LogP contribution in [0, 0.1) is 0 Å². The van der Waals surface area contributed by atoms with Crippen LogP contribution >= 0.6 is 0 Å². The third-order valence-electron chi connectivity index (χ3n) is 2.59. The van der Waals surface area contributed by atoms with E-state index in [1.54, 1.807) is 0 Å². The van der Waals surface area contributed by atoms with E-state index < -0.39 is 15.9 Å². The molecule has 0 spiro atoms. The van der Waals surface area contributed by atoms with E-state index in [0.29, 0.717) is 5.69 Å². The number of nitrogens with two attached hydrogens (primary N) is 2. The number of benzene rings is 1. The van der Waals surface area contributed by atoms with Gasteiger partial charge in [-0.25, -0.2) is 18.1 Å². The summed E-state index contributed by atoms with van der Waals surface area (Å²) in [7, 11) is -3.78. The molecular weight excluding hydrogens is 282 g/mol. The molecule has 0 fully saturated rings. The predicted molar refractivity (Wildman–Crippen MR) is 72.0 cm³/mol. The summed E-state index contributed by atoms with van der Waals surface area (Å²) < 4.78 is 26.5. The molecule has 1 aromatic carbocycles. The lowest BCUT2D eigenvalue weighted by molar-refractivity contribution is 0.1000. The van der Waals surface area contributed by atoms with Crippen LogP contribution in [0.1, 0.15) is 16.1 Å². The summed E-state index contributed by atoms with van der Waals surface area (Å²) in [4.78, 5) is 17.4. The molecule has 8 nitrogen and oxygen atoms in total. The van der Waals surface area contributed by atoms with Crippen LogP contribution in [0.3, 0.4) is 0 Å². The molecule has 106 valence electrons. The van der Waals surface area contributed by atoms with E-state index in [1.807, 2.05) is 0 Å². The van der Waals surface area contributed by atoms with Crippen molar-refractivity contribution < 1.29 is 13.2 Å². The van der Waals surface area contributed by atoms with Crippen molar-refractivity contribution in [3.63, 3.8) is 0 Å². The maximum absolute atomic E-state index is 12.1. The van der Waals surface area contributed by atoms with Gasteiger partial charge in [0.05, 0.1) is 18.6 Å². The molecule has 2 aromatic rings. The number of amides is 1. The molecule has 9 heteroatoms. The molecule has 0 saturated carbocycles. The zero-order valence-electron chi connectivity index (χ0n) is 10.3. The number of anilines is 1. The van der Waals surface area contributed by atoms with Gasteiger partial charge in [-0.05, 0) is 18.2 Å². The normalized spacial score (nSPS) is 11.4. The number of nitrogens with one attached hydrogen (secondary N) is 2. The number of hydrogen-bond donors (Lipinski definition) is 4. The molecule has 2 rings (SSSR count). The minimum Gasteiger partial charge on any atom is -0.398 e. The largest absolute Gasteiger partial charge is 0.398 e. The molecule has 6 N–H and O–H groups in total.